The van der Waals surface area contributed by atoms with Gasteiger partial charge in [-0.1, -0.05) is 30.3 Å². The lowest BCUT2D eigenvalue weighted by molar-refractivity contribution is -0.159. The van der Waals surface area contributed by atoms with E-state index in [2.05, 4.69) is 4.98 Å². The number of hydrogen-bond acceptors (Lipinski definition) is 4. The lowest BCUT2D eigenvalue weighted by Gasteiger charge is -2.58. The van der Waals surface area contributed by atoms with Gasteiger partial charge in [-0.3, -0.25) is 14.6 Å². The van der Waals surface area contributed by atoms with Crippen molar-refractivity contribution < 1.29 is 19.1 Å². The maximum Gasteiger partial charge on any atom is 0.254 e. The molecule has 0 radical (unpaired) electrons. The number of aromatic nitrogens is 1. The Morgan fingerprint density at radius 2 is 1.81 bits per heavy atom. The van der Waals surface area contributed by atoms with Crippen molar-refractivity contribution >= 4 is 11.8 Å². The Hall–Kier alpha value is -3.58. The van der Waals surface area contributed by atoms with Gasteiger partial charge < -0.3 is 14.9 Å². The Morgan fingerprint density at radius 3 is 2.47 bits per heavy atom. The molecule has 2 amide bonds. The molecule has 3 aromatic rings. The molecule has 32 heavy (non-hydrogen) atoms. The molecule has 1 aromatic heterocycles. The quantitative estimate of drug-likeness (QED) is 0.690. The Kier molecular flexibility index (Phi) is 5.19. The molecule has 0 aliphatic carbocycles. The summed E-state index contributed by atoms with van der Waals surface area (Å²) in [6.45, 7) is 0.187. The summed E-state index contributed by atoms with van der Waals surface area (Å²) in [6, 6.07) is 16.7. The summed E-state index contributed by atoms with van der Waals surface area (Å²) < 4.78 is 13.2. The van der Waals surface area contributed by atoms with Crippen molar-refractivity contribution in [1.82, 2.24) is 14.8 Å². The van der Waals surface area contributed by atoms with E-state index in [9.17, 15) is 19.1 Å². The zero-order valence-corrected chi connectivity index (χ0v) is 17.3. The SMILES string of the molecule is O=C(c1ccc(F)cc1)N1CC(=O)N2[C@H](CO)[C@@H](c3ccc(-c4cccnc4)cc3)[C@H]2C1. The van der Waals surface area contributed by atoms with Gasteiger partial charge in [-0.15, -0.1) is 0 Å². The molecule has 5 rings (SSSR count). The number of piperazine rings is 1. The minimum atomic E-state index is -0.415. The smallest absolute Gasteiger partial charge is 0.254 e. The summed E-state index contributed by atoms with van der Waals surface area (Å²) in [6.07, 6.45) is 3.53. The van der Waals surface area contributed by atoms with Crippen LogP contribution in [0.1, 0.15) is 21.8 Å². The molecule has 162 valence electrons. The highest BCUT2D eigenvalue weighted by Crippen LogP contribution is 2.43. The Morgan fingerprint density at radius 1 is 1.06 bits per heavy atom. The highest BCUT2D eigenvalue weighted by molar-refractivity contribution is 5.97. The summed E-state index contributed by atoms with van der Waals surface area (Å²) in [7, 11) is 0. The van der Waals surface area contributed by atoms with Crippen molar-refractivity contribution in [2.45, 2.75) is 18.0 Å². The summed E-state index contributed by atoms with van der Waals surface area (Å²) in [5.41, 5.74) is 3.41. The number of rotatable bonds is 4. The summed E-state index contributed by atoms with van der Waals surface area (Å²) >= 11 is 0. The highest BCUT2D eigenvalue weighted by Gasteiger charge is 2.54. The third-order valence-corrected chi connectivity index (χ3v) is 6.42. The van der Waals surface area contributed by atoms with Crippen molar-refractivity contribution in [3.63, 3.8) is 0 Å². The molecule has 2 aromatic carbocycles. The monoisotopic (exact) mass is 431 g/mol. The van der Waals surface area contributed by atoms with Crippen LogP contribution in [0.15, 0.2) is 73.1 Å². The summed E-state index contributed by atoms with van der Waals surface area (Å²) in [5, 5.41) is 9.97. The Bertz CT molecular complexity index is 1140. The second kappa shape index (κ2) is 8.16. The molecule has 2 aliphatic rings. The second-order valence-corrected chi connectivity index (χ2v) is 8.20. The first-order valence-electron chi connectivity index (χ1n) is 10.5. The Labute approximate surface area is 184 Å². The largest absolute Gasteiger partial charge is 0.394 e. The molecule has 1 N–H and O–H groups in total. The molecule has 0 bridgehead atoms. The first-order chi connectivity index (χ1) is 15.6. The van der Waals surface area contributed by atoms with E-state index in [-0.39, 0.29) is 43.0 Å². The molecule has 0 unspecified atom stereocenters. The predicted molar refractivity (Wildman–Crippen MR) is 116 cm³/mol. The predicted octanol–water partition coefficient (Wildman–Crippen LogP) is 2.70. The maximum absolute atomic E-state index is 13.2. The maximum atomic E-state index is 13.2. The molecular formula is C25H22FN3O3. The van der Waals surface area contributed by atoms with Crippen LogP contribution < -0.4 is 0 Å². The number of benzene rings is 2. The number of pyridine rings is 1. The van der Waals surface area contributed by atoms with E-state index in [1.807, 2.05) is 36.4 Å². The standard InChI is InChI=1S/C25H22FN3O3/c26-20-9-7-18(8-10-20)25(32)28-13-21-24(22(15-30)29(21)23(31)14-28)17-5-3-16(4-6-17)19-2-1-11-27-12-19/h1-12,21-22,24,30H,13-15H2/t21-,22-,24+/m1/s1. The molecule has 2 aliphatic heterocycles. The van der Waals surface area contributed by atoms with Crippen molar-refractivity contribution in [3.05, 3.63) is 90.0 Å². The number of fused-ring (bicyclic) bond motifs is 1. The van der Waals surface area contributed by atoms with Gasteiger partial charge in [0.25, 0.3) is 5.91 Å². The van der Waals surface area contributed by atoms with Gasteiger partial charge in [0.2, 0.25) is 5.91 Å². The summed E-state index contributed by atoms with van der Waals surface area (Å²) in [4.78, 5) is 33.1. The number of amides is 2. The lowest BCUT2D eigenvalue weighted by atomic mass is 9.73. The molecule has 2 fully saturated rings. The van der Waals surface area contributed by atoms with Crippen LogP contribution in [0.25, 0.3) is 11.1 Å². The molecule has 7 heteroatoms. The van der Waals surface area contributed by atoms with E-state index >= 15 is 0 Å². The third-order valence-electron chi connectivity index (χ3n) is 6.42. The van der Waals surface area contributed by atoms with E-state index in [1.54, 1.807) is 17.3 Å². The van der Waals surface area contributed by atoms with Gasteiger partial charge in [0.05, 0.1) is 18.7 Å². The zero-order chi connectivity index (χ0) is 22.2. The average molecular weight is 431 g/mol. The number of carbonyl (C=O) groups is 2. The topological polar surface area (TPSA) is 73.7 Å². The molecule has 2 saturated heterocycles. The van der Waals surface area contributed by atoms with Crippen LogP contribution in [0, 0.1) is 5.82 Å². The third kappa shape index (κ3) is 3.44. The fourth-order valence-electron chi connectivity index (χ4n) is 4.86. The van der Waals surface area contributed by atoms with Crippen LogP contribution in [0.5, 0.6) is 0 Å². The molecule has 0 saturated carbocycles. The van der Waals surface area contributed by atoms with E-state index in [1.165, 1.54) is 29.2 Å². The first-order valence-corrected chi connectivity index (χ1v) is 10.5. The molecule has 3 atom stereocenters. The highest BCUT2D eigenvalue weighted by atomic mass is 19.1. The van der Waals surface area contributed by atoms with E-state index < -0.39 is 5.82 Å². The van der Waals surface area contributed by atoms with Gasteiger partial charge in [-0.05, 0) is 47.0 Å². The van der Waals surface area contributed by atoms with Gasteiger partial charge in [0.15, 0.2) is 0 Å². The molecular weight excluding hydrogens is 409 g/mol. The van der Waals surface area contributed by atoms with Crippen LogP contribution >= 0.6 is 0 Å². The number of hydrogen-bond donors (Lipinski definition) is 1. The molecule has 0 spiro atoms. The number of aliphatic hydroxyl groups is 1. The summed E-state index contributed by atoms with van der Waals surface area (Å²) in [5.74, 6) is -0.965. The number of halogens is 1. The van der Waals surface area contributed by atoms with Crippen molar-refractivity contribution in [2.24, 2.45) is 0 Å². The normalized spacial score (nSPS) is 22.3. The van der Waals surface area contributed by atoms with Crippen molar-refractivity contribution in [3.8, 4) is 11.1 Å². The molecule has 6 nitrogen and oxygen atoms in total. The van der Waals surface area contributed by atoms with E-state index in [4.69, 9.17) is 0 Å². The molecule has 3 heterocycles. The van der Waals surface area contributed by atoms with Crippen LogP contribution in [-0.4, -0.2) is 63.5 Å². The van der Waals surface area contributed by atoms with E-state index in [0.717, 1.165) is 16.7 Å². The number of aliphatic hydroxyl groups excluding tert-OH is 1. The van der Waals surface area contributed by atoms with Gasteiger partial charge in [0.1, 0.15) is 12.4 Å². The number of carbonyl (C=O) groups excluding carboxylic acids is 2. The minimum Gasteiger partial charge on any atom is -0.394 e. The fourth-order valence-corrected chi connectivity index (χ4v) is 4.86. The zero-order valence-electron chi connectivity index (χ0n) is 17.3. The van der Waals surface area contributed by atoms with Gasteiger partial charge in [0, 0.05) is 30.4 Å². The number of nitrogens with zero attached hydrogens (tertiary/aromatic N) is 3. The lowest BCUT2D eigenvalue weighted by Crippen LogP contribution is -2.73. The van der Waals surface area contributed by atoms with E-state index in [0.29, 0.717) is 12.1 Å². The first kappa shape index (κ1) is 20.3. The second-order valence-electron chi connectivity index (χ2n) is 8.20. The minimum absolute atomic E-state index is 0.0458. The van der Waals surface area contributed by atoms with Gasteiger partial charge in [-0.25, -0.2) is 4.39 Å². The fraction of sp³-hybridized carbons (Fsp3) is 0.240. The van der Waals surface area contributed by atoms with Gasteiger partial charge in [-0.2, -0.15) is 0 Å². The van der Waals surface area contributed by atoms with Crippen LogP contribution in [0.4, 0.5) is 4.39 Å². The average Bonchev–Trinajstić information content (AvgIpc) is 2.81. The van der Waals surface area contributed by atoms with Crippen molar-refractivity contribution in [2.75, 3.05) is 19.7 Å². The van der Waals surface area contributed by atoms with Crippen LogP contribution in [-0.2, 0) is 4.79 Å². The Balaban J connectivity index is 1.38. The van der Waals surface area contributed by atoms with Crippen LogP contribution in [0.3, 0.4) is 0 Å². The van der Waals surface area contributed by atoms with Crippen molar-refractivity contribution in [1.29, 1.82) is 0 Å². The van der Waals surface area contributed by atoms with Crippen LogP contribution in [0.2, 0.25) is 0 Å². The van der Waals surface area contributed by atoms with Gasteiger partial charge >= 0.3 is 0 Å².